The highest BCUT2D eigenvalue weighted by molar-refractivity contribution is 5.72. The van der Waals surface area contributed by atoms with Crippen LogP contribution in [0.2, 0.25) is 0 Å². The summed E-state index contributed by atoms with van der Waals surface area (Å²) in [7, 11) is 0. The Balaban J connectivity index is 5.23. The number of hydrogen-bond donors (Lipinski definition) is 4. The minimum Gasteiger partial charge on any atom is -0.462 e. The van der Waals surface area contributed by atoms with Crippen LogP contribution in [0.25, 0.3) is 0 Å². The third kappa shape index (κ3) is 12.2. The van der Waals surface area contributed by atoms with E-state index in [0.717, 1.165) is 0 Å². The average molecular weight is 406 g/mol. The van der Waals surface area contributed by atoms with Gasteiger partial charge in [0.25, 0.3) is 0 Å². The van der Waals surface area contributed by atoms with Gasteiger partial charge in [-0.2, -0.15) is 0 Å². The third-order valence-corrected chi connectivity index (χ3v) is 3.19. The first-order valence-electron chi connectivity index (χ1n) is 8.88. The van der Waals surface area contributed by atoms with Crippen LogP contribution in [0.1, 0.15) is 25.7 Å². The fourth-order valence-corrected chi connectivity index (χ4v) is 1.86. The van der Waals surface area contributed by atoms with Crippen molar-refractivity contribution in [2.45, 2.75) is 37.9 Å². The molecule has 0 radical (unpaired) electrons. The zero-order chi connectivity index (χ0) is 21.4. The lowest BCUT2D eigenvalue weighted by Gasteiger charge is -2.26. The van der Waals surface area contributed by atoms with Crippen LogP contribution in [0.3, 0.4) is 0 Å². The molecule has 0 saturated heterocycles. The van der Waals surface area contributed by atoms with Crippen LogP contribution >= 0.6 is 0 Å². The Morgan fingerprint density at radius 1 is 0.536 bits per heavy atom. The molecule has 0 aromatic heterocycles. The van der Waals surface area contributed by atoms with Crippen molar-refractivity contribution in [2.75, 3.05) is 39.4 Å². The smallest absolute Gasteiger partial charge is 0.307 e. The molecule has 12 heteroatoms. The van der Waals surface area contributed by atoms with Crippen molar-refractivity contribution in [3.05, 3.63) is 0 Å². The fourth-order valence-electron chi connectivity index (χ4n) is 1.86. The average Bonchev–Trinajstić information content (AvgIpc) is 2.63. The Morgan fingerprint density at radius 2 is 0.821 bits per heavy atom. The molecule has 162 valence electrons. The lowest BCUT2D eigenvalue weighted by molar-refractivity contribution is -0.182. The molecule has 0 aliphatic rings. The zero-order valence-electron chi connectivity index (χ0n) is 15.8. The summed E-state index contributed by atoms with van der Waals surface area (Å²) in [5, 5.41) is 0. The minimum absolute atomic E-state index is 0.0294. The van der Waals surface area contributed by atoms with Crippen LogP contribution < -0.4 is 22.9 Å². The molecule has 28 heavy (non-hydrogen) atoms. The summed E-state index contributed by atoms with van der Waals surface area (Å²) < 4.78 is 20.4. The minimum atomic E-state index is -1.21. The van der Waals surface area contributed by atoms with Gasteiger partial charge in [-0.1, -0.05) is 0 Å². The molecule has 0 amide bonds. The van der Waals surface area contributed by atoms with Crippen LogP contribution in [0.4, 0.5) is 0 Å². The van der Waals surface area contributed by atoms with Crippen LogP contribution in [-0.4, -0.2) is 75.5 Å². The number of hydrogen-bond acceptors (Lipinski definition) is 12. The van der Waals surface area contributed by atoms with Gasteiger partial charge in [-0.05, 0) is 0 Å². The van der Waals surface area contributed by atoms with Gasteiger partial charge in [-0.25, -0.2) is 0 Å². The summed E-state index contributed by atoms with van der Waals surface area (Å²) in [5.41, 5.74) is 21.2. The van der Waals surface area contributed by atoms with Crippen LogP contribution in [-0.2, 0) is 38.1 Å². The lowest BCUT2D eigenvalue weighted by atomic mass is 10.2. The van der Waals surface area contributed by atoms with E-state index in [1.807, 2.05) is 0 Å². The summed E-state index contributed by atoms with van der Waals surface area (Å²) in [6.07, 6.45) is -2.74. The number of rotatable bonds is 15. The van der Waals surface area contributed by atoms with Crippen LogP contribution in [0.15, 0.2) is 0 Å². The topological polar surface area (TPSA) is 209 Å². The van der Waals surface area contributed by atoms with Crippen molar-refractivity contribution < 1.29 is 38.1 Å². The molecule has 0 fully saturated rings. The Bertz CT molecular complexity index is 459. The lowest BCUT2D eigenvalue weighted by Crippen LogP contribution is -2.43. The fraction of sp³-hybridized carbons (Fsp3) is 0.750. The predicted molar refractivity (Wildman–Crippen MR) is 96.4 cm³/mol. The molecule has 12 nitrogen and oxygen atoms in total. The number of ether oxygens (including phenoxy) is 4. The summed E-state index contributed by atoms with van der Waals surface area (Å²) >= 11 is 0. The molecule has 0 aliphatic heterocycles. The van der Waals surface area contributed by atoms with Gasteiger partial charge < -0.3 is 41.9 Å². The van der Waals surface area contributed by atoms with Crippen molar-refractivity contribution in [3.8, 4) is 0 Å². The van der Waals surface area contributed by atoms with E-state index in [9.17, 15) is 19.2 Å². The maximum Gasteiger partial charge on any atom is 0.307 e. The van der Waals surface area contributed by atoms with Gasteiger partial charge in [0.15, 0.2) is 12.2 Å². The largest absolute Gasteiger partial charge is 0.462 e. The highest BCUT2D eigenvalue weighted by Gasteiger charge is 2.31. The Labute approximate surface area is 163 Å². The zero-order valence-corrected chi connectivity index (χ0v) is 15.8. The van der Waals surface area contributed by atoms with Gasteiger partial charge in [-0.3, -0.25) is 19.2 Å². The van der Waals surface area contributed by atoms with Crippen molar-refractivity contribution in [1.29, 1.82) is 0 Å². The number of nitrogens with two attached hydrogens (primary N) is 4. The van der Waals surface area contributed by atoms with Gasteiger partial charge in [0.05, 0.1) is 25.7 Å². The molecule has 8 N–H and O–H groups in total. The monoisotopic (exact) mass is 406 g/mol. The normalized spacial score (nSPS) is 12.6. The molecule has 2 unspecified atom stereocenters. The molecule has 0 aromatic carbocycles. The van der Waals surface area contributed by atoms with Gasteiger partial charge in [-0.15, -0.1) is 0 Å². The van der Waals surface area contributed by atoms with E-state index >= 15 is 0 Å². The van der Waals surface area contributed by atoms with Crippen LogP contribution in [0.5, 0.6) is 0 Å². The van der Waals surface area contributed by atoms with Gasteiger partial charge in [0.1, 0.15) is 13.2 Å². The van der Waals surface area contributed by atoms with Crippen LogP contribution in [0, 0.1) is 0 Å². The van der Waals surface area contributed by atoms with Crippen molar-refractivity contribution in [3.63, 3.8) is 0 Å². The Hall–Kier alpha value is -2.28. The second kappa shape index (κ2) is 15.7. The SMILES string of the molecule is NCCC(=O)OCC(OC(=O)CCN)C(COC(=O)CCN)OC(=O)CCN. The quantitative estimate of drug-likeness (QED) is 0.162. The molecular weight excluding hydrogens is 376 g/mol. The van der Waals surface area contributed by atoms with Gasteiger partial charge in [0, 0.05) is 26.2 Å². The first-order valence-corrected chi connectivity index (χ1v) is 8.88. The van der Waals surface area contributed by atoms with Crippen molar-refractivity contribution >= 4 is 23.9 Å². The Morgan fingerprint density at radius 3 is 1.11 bits per heavy atom. The van der Waals surface area contributed by atoms with E-state index in [0.29, 0.717) is 0 Å². The summed E-state index contributed by atoms with van der Waals surface area (Å²) in [4.78, 5) is 46.8. The highest BCUT2D eigenvalue weighted by Crippen LogP contribution is 2.11. The van der Waals surface area contributed by atoms with Crippen molar-refractivity contribution in [1.82, 2.24) is 0 Å². The molecule has 0 rings (SSSR count). The molecule has 0 aliphatic carbocycles. The van der Waals surface area contributed by atoms with E-state index in [1.54, 1.807) is 0 Å². The summed E-state index contributed by atoms with van der Waals surface area (Å²) in [6.45, 7) is -0.651. The van der Waals surface area contributed by atoms with E-state index < -0.39 is 49.3 Å². The maximum absolute atomic E-state index is 11.8. The summed E-state index contributed by atoms with van der Waals surface area (Å²) in [5.74, 6) is -2.66. The van der Waals surface area contributed by atoms with Gasteiger partial charge >= 0.3 is 23.9 Å². The highest BCUT2D eigenvalue weighted by atomic mass is 16.6. The van der Waals surface area contributed by atoms with E-state index in [1.165, 1.54) is 0 Å². The number of carbonyl (C=O) groups is 4. The first kappa shape index (κ1) is 25.7. The molecule has 0 saturated carbocycles. The summed E-state index contributed by atoms with van der Waals surface area (Å²) in [6, 6.07) is 0. The molecule has 0 bridgehead atoms. The number of esters is 4. The molecule has 2 atom stereocenters. The van der Waals surface area contributed by atoms with Crippen molar-refractivity contribution in [2.24, 2.45) is 22.9 Å². The molecule has 0 heterocycles. The predicted octanol–water partition coefficient (Wildman–Crippen LogP) is -2.71. The second-order valence-corrected chi connectivity index (χ2v) is 5.58. The molecular formula is C16H30N4O8. The third-order valence-electron chi connectivity index (χ3n) is 3.19. The number of carbonyl (C=O) groups excluding carboxylic acids is 4. The van der Waals surface area contributed by atoms with E-state index in [4.69, 9.17) is 41.9 Å². The second-order valence-electron chi connectivity index (χ2n) is 5.58. The van der Waals surface area contributed by atoms with E-state index in [2.05, 4.69) is 0 Å². The van der Waals surface area contributed by atoms with E-state index in [-0.39, 0.29) is 51.9 Å². The Kier molecular flexibility index (Phi) is 14.5. The molecule has 0 aromatic rings. The maximum atomic E-state index is 11.8. The first-order chi connectivity index (χ1) is 13.4. The molecule has 0 spiro atoms. The van der Waals surface area contributed by atoms with Gasteiger partial charge in [0.2, 0.25) is 0 Å². The standard InChI is InChI=1S/C16H30N4O8/c17-5-1-13(21)25-9-11(27-15(23)3-7-19)12(28-16(24)4-8-20)10-26-14(22)2-6-18/h11-12H,1-10,17-20H2.